The number of rotatable bonds is 2. The van der Waals surface area contributed by atoms with Crippen LogP contribution in [0.3, 0.4) is 0 Å². The highest BCUT2D eigenvalue weighted by atomic mass is 14.9. The van der Waals surface area contributed by atoms with Crippen LogP contribution in [0.25, 0.3) is 22.8 Å². The van der Waals surface area contributed by atoms with Crippen LogP contribution in [0, 0.1) is 10.8 Å². The summed E-state index contributed by atoms with van der Waals surface area (Å²) in [6, 6.07) is 15.3. The average molecular weight is 450 g/mol. The SMILES string of the molecule is CC1(C)[C@@H]2CC[C@@]1(C)c1nc(-c3cccc(-c4ccc5c(n4)[C@]4(C)CC[C@H]5C4(C)C)n3)ccc12. The molecule has 3 aromatic rings. The van der Waals surface area contributed by atoms with Crippen molar-refractivity contribution in [1.29, 1.82) is 0 Å². The Morgan fingerprint density at radius 1 is 0.559 bits per heavy atom. The van der Waals surface area contributed by atoms with Gasteiger partial charge in [0.25, 0.3) is 0 Å². The van der Waals surface area contributed by atoms with Crippen LogP contribution >= 0.6 is 0 Å². The van der Waals surface area contributed by atoms with Gasteiger partial charge >= 0.3 is 0 Å². The van der Waals surface area contributed by atoms with Gasteiger partial charge in [-0.15, -0.1) is 0 Å². The Hall–Kier alpha value is -2.55. The summed E-state index contributed by atoms with van der Waals surface area (Å²) < 4.78 is 0. The molecule has 2 saturated carbocycles. The third-order valence-electron chi connectivity index (χ3n) is 11.4. The second-order valence-corrected chi connectivity index (χ2v) is 13.0. The third-order valence-corrected chi connectivity index (χ3v) is 11.4. The van der Waals surface area contributed by atoms with Gasteiger partial charge in [0.05, 0.1) is 34.2 Å². The molecule has 0 spiro atoms. The minimum atomic E-state index is 0.156. The fourth-order valence-corrected chi connectivity index (χ4v) is 8.33. The molecule has 0 radical (unpaired) electrons. The Labute approximate surface area is 203 Å². The van der Waals surface area contributed by atoms with Gasteiger partial charge in [-0.25, -0.2) is 4.98 Å². The third kappa shape index (κ3) is 2.23. The monoisotopic (exact) mass is 449 g/mol. The topological polar surface area (TPSA) is 38.7 Å². The molecule has 0 N–H and O–H groups in total. The number of aromatic nitrogens is 3. The van der Waals surface area contributed by atoms with Crippen molar-refractivity contribution in [3.8, 4) is 22.8 Å². The van der Waals surface area contributed by atoms with E-state index in [1.165, 1.54) is 48.2 Å². The summed E-state index contributed by atoms with van der Waals surface area (Å²) in [5, 5.41) is 0. The van der Waals surface area contributed by atoms with Crippen LogP contribution in [0.2, 0.25) is 0 Å². The van der Waals surface area contributed by atoms with Gasteiger partial charge in [-0.3, -0.25) is 9.97 Å². The Morgan fingerprint density at radius 2 is 0.971 bits per heavy atom. The second kappa shape index (κ2) is 6.17. The van der Waals surface area contributed by atoms with Gasteiger partial charge in [-0.05, 0) is 83.7 Å². The fourth-order valence-electron chi connectivity index (χ4n) is 8.33. The molecule has 4 bridgehead atoms. The molecule has 0 unspecified atom stereocenters. The smallest absolute Gasteiger partial charge is 0.0894 e. The summed E-state index contributed by atoms with van der Waals surface area (Å²) in [5.74, 6) is 1.26. The van der Waals surface area contributed by atoms with Crippen LogP contribution < -0.4 is 0 Å². The summed E-state index contributed by atoms with van der Waals surface area (Å²) >= 11 is 0. The van der Waals surface area contributed by atoms with Gasteiger partial charge in [-0.1, -0.05) is 59.7 Å². The van der Waals surface area contributed by atoms with Crippen LogP contribution in [0.15, 0.2) is 42.5 Å². The van der Waals surface area contributed by atoms with Gasteiger partial charge in [0, 0.05) is 10.8 Å². The summed E-state index contributed by atoms with van der Waals surface area (Å²) in [6.07, 6.45) is 5.03. The fraction of sp³-hybridized carbons (Fsp3) is 0.516. The lowest BCUT2D eigenvalue weighted by atomic mass is 9.70. The average Bonchev–Trinajstić information content (AvgIpc) is 3.34. The van der Waals surface area contributed by atoms with Crippen LogP contribution in [0.4, 0.5) is 0 Å². The number of hydrogen-bond donors (Lipinski definition) is 0. The van der Waals surface area contributed by atoms with E-state index in [0.29, 0.717) is 11.8 Å². The largest absolute Gasteiger partial charge is 0.250 e. The van der Waals surface area contributed by atoms with E-state index in [-0.39, 0.29) is 21.7 Å². The van der Waals surface area contributed by atoms with Crippen LogP contribution in [-0.4, -0.2) is 15.0 Å². The molecule has 3 heterocycles. The number of pyridine rings is 3. The predicted molar refractivity (Wildman–Crippen MR) is 137 cm³/mol. The predicted octanol–water partition coefficient (Wildman–Crippen LogP) is 7.56. The Balaban J connectivity index is 1.29. The van der Waals surface area contributed by atoms with E-state index < -0.39 is 0 Å². The first-order valence-electron chi connectivity index (χ1n) is 13.1. The first-order valence-corrected chi connectivity index (χ1v) is 13.1. The first-order chi connectivity index (χ1) is 16.1. The van der Waals surface area contributed by atoms with Crippen molar-refractivity contribution in [2.24, 2.45) is 10.8 Å². The van der Waals surface area contributed by atoms with Crippen molar-refractivity contribution in [2.75, 3.05) is 0 Å². The van der Waals surface area contributed by atoms with Crippen molar-refractivity contribution in [1.82, 2.24) is 15.0 Å². The lowest BCUT2D eigenvalue weighted by molar-refractivity contribution is 0.227. The van der Waals surface area contributed by atoms with Crippen LogP contribution in [0.5, 0.6) is 0 Å². The first kappa shape index (κ1) is 20.8. The maximum absolute atomic E-state index is 5.24. The molecule has 0 aromatic carbocycles. The molecule has 0 aliphatic heterocycles. The molecule has 3 aromatic heterocycles. The van der Waals surface area contributed by atoms with Crippen molar-refractivity contribution in [3.05, 3.63) is 65.0 Å². The lowest BCUT2D eigenvalue weighted by Gasteiger charge is -2.34. The van der Waals surface area contributed by atoms with Gasteiger partial charge in [-0.2, -0.15) is 0 Å². The van der Waals surface area contributed by atoms with Gasteiger partial charge in [0.2, 0.25) is 0 Å². The Kier molecular flexibility index (Phi) is 3.77. The van der Waals surface area contributed by atoms with E-state index >= 15 is 0 Å². The number of hydrogen-bond acceptors (Lipinski definition) is 3. The molecule has 0 amide bonds. The van der Waals surface area contributed by atoms with Gasteiger partial charge < -0.3 is 0 Å². The molecule has 174 valence electrons. The molecule has 3 nitrogen and oxygen atoms in total. The van der Waals surface area contributed by atoms with Crippen molar-refractivity contribution >= 4 is 0 Å². The molecule has 7 rings (SSSR count). The molecule has 34 heavy (non-hydrogen) atoms. The minimum absolute atomic E-state index is 0.156. The molecule has 3 heteroatoms. The van der Waals surface area contributed by atoms with E-state index in [1.807, 2.05) is 0 Å². The molecule has 4 atom stereocenters. The van der Waals surface area contributed by atoms with E-state index in [2.05, 4.69) is 84.0 Å². The summed E-state index contributed by atoms with van der Waals surface area (Å²) in [6.45, 7) is 14.6. The van der Waals surface area contributed by atoms with E-state index in [4.69, 9.17) is 15.0 Å². The van der Waals surface area contributed by atoms with Crippen LogP contribution in [0.1, 0.15) is 102 Å². The van der Waals surface area contributed by atoms with Crippen molar-refractivity contribution in [2.45, 2.75) is 89.9 Å². The highest BCUT2D eigenvalue weighted by molar-refractivity contribution is 5.64. The quantitative estimate of drug-likeness (QED) is 0.405. The Bertz CT molecular complexity index is 1270. The van der Waals surface area contributed by atoms with Crippen molar-refractivity contribution < 1.29 is 0 Å². The standard InChI is InChI=1S/C31H35N3/c1-28(2)20-14-16-30(28,5)26-18(20)10-12-24(33-26)22-8-7-9-23(32-22)25-13-11-19-21-15-17-31(6,27(19)34-25)29(21,3)4/h7-13,20-21H,14-17H2,1-6H3/t20-,21-,30+,31+/m1/s1. The molecule has 0 saturated heterocycles. The van der Waals surface area contributed by atoms with E-state index in [1.54, 1.807) is 0 Å². The number of nitrogens with zero attached hydrogens (tertiary/aromatic N) is 3. The maximum Gasteiger partial charge on any atom is 0.0894 e. The van der Waals surface area contributed by atoms with Gasteiger partial charge in [0.15, 0.2) is 0 Å². The molecule has 2 fully saturated rings. The minimum Gasteiger partial charge on any atom is -0.250 e. The second-order valence-electron chi connectivity index (χ2n) is 13.0. The summed E-state index contributed by atoms with van der Waals surface area (Å²) in [4.78, 5) is 15.6. The highest BCUT2D eigenvalue weighted by Gasteiger charge is 2.61. The van der Waals surface area contributed by atoms with Crippen molar-refractivity contribution in [3.63, 3.8) is 0 Å². The molecular weight excluding hydrogens is 414 g/mol. The zero-order chi connectivity index (χ0) is 23.7. The highest BCUT2D eigenvalue weighted by Crippen LogP contribution is 2.68. The maximum atomic E-state index is 5.24. The number of fused-ring (bicyclic) bond motifs is 10. The zero-order valence-corrected chi connectivity index (χ0v) is 21.4. The van der Waals surface area contributed by atoms with E-state index in [0.717, 1.165) is 22.8 Å². The Morgan fingerprint density at radius 3 is 1.41 bits per heavy atom. The van der Waals surface area contributed by atoms with Gasteiger partial charge in [0.1, 0.15) is 0 Å². The normalized spacial score (nSPS) is 33.2. The van der Waals surface area contributed by atoms with E-state index in [9.17, 15) is 0 Å². The summed E-state index contributed by atoms with van der Waals surface area (Å²) in [5.41, 5.74) is 10.3. The molecular formula is C31H35N3. The zero-order valence-electron chi connectivity index (χ0n) is 21.4. The molecule has 4 aliphatic carbocycles. The summed E-state index contributed by atoms with van der Waals surface area (Å²) in [7, 11) is 0. The van der Waals surface area contributed by atoms with Crippen LogP contribution in [-0.2, 0) is 10.8 Å². The molecule has 4 aliphatic rings. The lowest BCUT2D eigenvalue weighted by Crippen LogP contribution is -2.32.